The van der Waals surface area contributed by atoms with E-state index < -0.39 is 12.3 Å². The molecule has 0 saturated heterocycles. The molecule has 0 aromatic heterocycles. The molecule has 0 spiro atoms. The molecule has 0 aliphatic carbocycles. The normalized spacial score (nSPS) is 9.66. The number of benzene rings is 2. The quantitative estimate of drug-likeness (QED) is 0.367. The first-order chi connectivity index (χ1) is 13.9. The third kappa shape index (κ3) is 6.97. The highest BCUT2D eigenvalue weighted by molar-refractivity contribution is 6.32. The molecule has 148 valence electrons. The molecule has 0 bridgehead atoms. The molecule has 6 nitrogen and oxygen atoms in total. The van der Waals surface area contributed by atoms with Crippen molar-refractivity contribution in [1.29, 1.82) is 0 Å². The van der Waals surface area contributed by atoms with Crippen molar-refractivity contribution >= 4 is 35.5 Å². The van der Waals surface area contributed by atoms with E-state index in [2.05, 4.69) is 21.3 Å². The SMILES string of the molecule is C#CCOC(=O)Oc1ccc(Cc2ccc(OC(=O)OCC#C)cc2Cl)c(Cl)c1. The predicted octanol–water partition coefficient (Wildman–Crippen LogP) is 4.88. The first kappa shape index (κ1) is 22.0. The first-order valence-electron chi connectivity index (χ1n) is 8.06. The van der Waals surface area contributed by atoms with Crippen molar-refractivity contribution in [1.82, 2.24) is 0 Å². The van der Waals surface area contributed by atoms with Crippen LogP contribution in [0.15, 0.2) is 36.4 Å². The van der Waals surface area contributed by atoms with Crippen LogP contribution in [0.1, 0.15) is 11.1 Å². The first-order valence-corrected chi connectivity index (χ1v) is 8.81. The van der Waals surface area contributed by atoms with E-state index in [-0.39, 0.29) is 24.7 Å². The van der Waals surface area contributed by atoms with Crippen LogP contribution in [0.4, 0.5) is 9.59 Å². The van der Waals surface area contributed by atoms with E-state index in [1.54, 1.807) is 24.3 Å². The molecule has 0 atom stereocenters. The maximum atomic E-state index is 11.4. The Morgan fingerprint density at radius 1 is 0.793 bits per heavy atom. The largest absolute Gasteiger partial charge is 0.514 e. The van der Waals surface area contributed by atoms with Crippen LogP contribution in [0.3, 0.4) is 0 Å². The van der Waals surface area contributed by atoms with E-state index >= 15 is 0 Å². The van der Waals surface area contributed by atoms with Gasteiger partial charge in [-0.25, -0.2) is 9.59 Å². The van der Waals surface area contributed by atoms with Gasteiger partial charge >= 0.3 is 12.3 Å². The van der Waals surface area contributed by atoms with Gasteiger partial charge in [0.1, 0.15) is 11.5 Å². The van der Waals surface area contributed by atoms with E-state index in [0.717, 1.165) is 11.1 Å². The summed E-state index contributed by atoms with van der Waals surface area (Å²) < 4.78 is 19.2. The zero-order chi connectivity index (χ0) is 21.2. The molecule has 0 saturated carbocycles. The molecule has 0 radical (unpaired) electrons. The summed E-state index contributed by atoms with van der Waals surface area (Å²) in [6.45, 7) is -0.380. The second kappa shape index (κ2) is 10.9. The molecule has 0 unspecified atom stereocenters. The van der Waals surface area contributed by atoms with Gasteiger partial charge in [0.25, 0.3) is 0 Å². The molecule has 0 N–H and O–H groups in total. The fourth-order valence-corrected chi connectivity index (χ4v) is 2.60. The van der Waals surface area contributed by atoms with Crippen LogP contribution in [-0.2, 0) is 15.9 Å². The average molecular weight is 433 g/mol. The topological polar surface area (TPSA) is 71.1 Å². The molecule has 2 aromatic carbocycles. The van der Waals surface area contributed by atoms with E-state index in [1.807, 2.05) is 0 Å². The fourth-order valence-electron chi connectivity index (χ4n) is 2.13. The van der Waals surface area contributed by atoms with Crippen molar-refractivity contribution in [3.63, 3.8) is 0 Å². The Kier molecular flexibility index (Phi) is 8.24. The van der Waals surface area contributed by atoms with Crippen LogP contribution < -0.4 is 9.47 Å². The summed E-state index contributed by atoms with van der Waals surface area (Å²) in [5.74, 6) is 4.73. The number of carbonyl (C=O) groups excluding carboxylic acids is 2. The van der Waals surface area contributed by atoms with Gasteiger partial charge in [0.2, 0.25) is 0 Å². The Hall–Kier alpha value is -3.32. The maximum absolute atomic E-state index is 11.4. The lowest BCUT2D eigenvalue weighted by atomic mass is 10.0. The van der Waals surface area contributed by atoms with Gasteiger partial charge in [0.15, 0.2) is 13.2 Å². The lowest BCUT2D eigenvalue weighted by molar-refractivity contribution is 0.110. The standard InChI is InChI=1S/C21H14Cl2O6/c1-3-9-26-20(24)28-16-7-5-14(18(22)12-16)11-15-6-8-17(13-19(15)23)29-21(25)27-10-4-2/h1-2,5-8,12-13H,9-11H2. The molecule has 0 heterocycles. The maximum Gasteiger partial charge on any atom is 0.514 e. The van der Waals surface area contributed by atoms with E-state index in [0.29, 0.717) is 16.5 Å². The summed E-state index contributed by atoms with van der Waals surface area (Å²) in [4.78, 5) is 22.8. The molecule has 0 amide bonds. The molecule has 0 fully saturated rings. The molecular formula is C21H14Cl2O6. The number of halogens is 2. The predicted molar refractivity (Wildman–Crippen MR) is 107 cm³/mol. The van der Waals surface area contributed by atoms with Gasteiger partial charge in [-0.3, -0.25) is 0 Å². The lowest BCUT2D eigenvalue weighted by Gasteiger charge is -2.10. The van der Waals surface area contributed by atoms with Gasteiger partial charge in [0, 0.05) is 16.5 Å². The smallest absolute Gasteiger partial charge is 0.421 e. The van der Waals surface area contributed by atoms with Gasteiger partial charge in [-0.15, -0.1) is 12.8 Å². The molecule has 8 heteroatoms. The Labute approximate surface area is 177 Å². The van der Waals surface area contributed by atoms with Gasteiger partial charge < -0.3 is 18.9 Å². The highest BCUT2D eigenvalue weighted by atomic mass is 35.5. The molecule has 2 aromatic rings. The Morgan fingerprint density at radius 2 is 1.21 bits per heavy atom. The zero-order valence-electron chi connectivity index (χ0n) is 14.9. The monoisotopic (exact) mass is 432 g/mol. The fraction of sp³-hybridized carbons (Fsp3) is 0.143. The molecule has 0 aliphatic heterocycles. The van der Waals surface area contributed by atoms with Crippen LogP contribution in [0.25, 0.3) is 0 Å². The van der Waals surface area contributed by atoms with Gasteiger partial charge in [-0.05, 0) is 35.4 Å². The number of hydrogen-bond acceptors (Lipinski definition) is 6. The van der Waals surface area contributed by atoms with Crippen LogP contribution >= 0.6 is 23.2 Å². The second-order valence-electron chi connectivity index (χ2n) is 5.37. The van der Waals surface area contributed by atoms with Gasteiger partial charge in [0.05, 0.1) is 0 Å². The summed E-state index contributed by atoms with van der Waals surface area (Å²) in [7, 11) is 0. The minimum Gasteiger partial charge on any atom is -0.421 e. The highest BCUT2D eigenvalue weighted by Crippen LogP contribution is 2.29. The minimum atomic E-state index is -0.925. The Bertz CT molecular complexity index is 908. The zero-order valence-corrected chi connectivity index (χ0v) is 16.5. The van der Waals surface area contributed by atoms with Crippen molar-refractivity contribution in [3.05, 3.63) is 57.6 Å². The summed E-state index contributed by atoms with van der Waals surface area (Å²) in [5, 5.41) is 0.725. The summed E-state index contributed by atoms with van der Waals surface area (Å²) in [5.41, 5.74) is 1.47. The number of ether oxygens (including phenoxy) is 4. The number of terminal acetylenes is 2. The van der Waals surface area contributed by atoms with E-state index in [9.17, 15) is 9.59 Å². The van der Waals surface area contributed by atoms with Crippen molar-refractivity contribution in [3.8, 4) is 36.2 Å². The lowest BCUT2D eigenvalue weighted by Crippen LogP contribution is -2.10. The molecule has 29 heavy (non-hydrogen) atoms. The molecule has 2 rings (SSSR count). The van der Waals surface area contributed by atoms with Crippen LogP contribution in [0.2, 0.25) is 10.0 Å². The van der Waals surface area contributed by atoms with Crippen LogP contribution in [-0.4, -0.2) is 25.5 Å². The molecule has 0 aliphatic rings. The number of rotatable bonds is 6. The Morgan fingerprint density at radius 3 is 1.55 bits per heavy atom. The summed E-state index contributed by atoms with van der Waals surface area (Å²) in [6.07, 6.45) is 8.54. The number of hydrogen-bond donors (Lipinski definition) is 0. The minimum absolute atomic E-state index is 0.190. The van der Waals surface area contributed by atoms with Crippen molar-refractivity contribution < 1.29 is 28.5 Å². The van der Waals surface area contributed by atoms with Crippen LogP contribution in [0.5, 0.6) is 11.5 Å². The van der Waals surface area contributed by atoms with Gasteiger partial charge in [-0.1, -0.05) is 47.2 Å². The summed E-state index contributed by atoms with van der Waals surface area (Å²) >= 11 is 12.5. The summed E-state index contributed by atoms with van der Waals surface area (Å²) in [6, 6.07) is 9.44. The van der Waals surface area contributed by atoms with Gasteiger partial charge in [-0.2, -0.15) is 0 Å². The third-order valence-corrected chi connectivity index (χ3v) is 4.08. The molecular weight excluding hydrogens is 419 g/mol. The second-order valence-corrected chi connectivity index (χ2v) is 6.19. The van der Waals surface area contributed by atoms with Crippen molar-refractivity contribution in [2.45, 2.75) is 6.42 Å². The Balaban J connectivity index is 2.04. The van der Waals surface area contributed by atoms with Crippen LogP contribution in [0, 0.1) is 24.7 Å². The highest BCUT2D eigenvalue weighted by Gasteiger charge is 2.12. The average Bonchev–Trinajstić information content (AvgIpc) is 2.68. The number of carbonyl (C=O) groups is 2. The third-order valence-electron chi connectivity index (χ3n) is 3.38. The van der Waals surface area contributed by atoms with Crippen molar-refractivity contribution in [2.24, 2.45) is 0 Å². The van der Waals surface area contributed by atoms with E-state index in [4.69, 9.17) is 45.5 Å². The van der Waals surface area contributed by atoms with Crippen molar-refractivity contribution in [2.75, 3.05) is 13.2 Å². The van der Waals surface area contributed by atoms with E-state index in [1.165, 1.54) is 12.1 Å².